The highest BCUT2D eigenvalue weighted by atomic mass is 127. The fraction of sp³-hybridized carbons (Fsp3) is 0.704. The van der Waals surface area contributed by atoms with Crippen molar-refractivity contribution in [2.24, 2.45) is 17.3 Å². The average molecular weight is 678 g/mol. The molecule has 1 aromatic rings. The molecule has 0 aliphatic heterocycles. The number of aromatic nitrogens is 2. The summed E-state index contributed by atoms with van der Waals surface area (Å²) in [4.78, 5) is 44.1. The first-order chi connectivity index (χ1) is 18.0. The third-order valence-electron chi connectivity index (χ3n) is 7.24. The molecule has 2 rings (SSSR count). The zero-order valence-corrected chi connectivity index (χ0v) is 28.2. The first-order valence-corrected chi connectivity index (χ1v) is 17.2. The van der Waals surface area contributed by atoms with Gasteiger partial charge in [-0.25, -0.2) is 9.25 Å². The van der Waals surface area contributed by atoms with Crippen LogP contribution >= 0.6 is 28.4 Å². The van der Waals surface area contributed by atoms with Crippen LogP contribution in [0.2, 0.25) is 0 Å². The maximum Gasteiger partial charge on any atom is 0.410 e. The highest BCUT2D eigenvalue weighted by Crippen LogP contribution is 2.48. The topological polar surface area (TPSA) is 97.2 Å². The van der Waals surface area contributed by atoms with Crippen molar-refractivity contribution in [3.63, 3.8) is 0 Å². The Bertz CT molecular complexity index is 1070. The molecule has 1 aliphatic carbocycles. The number of carbonyl (C=O) groups excluding carboxylic acids is 3. The SMILES string of the molecule is CCN(C)C(=O)C1C=C(c2nn(PI)cc2CN(C)CCN(C)C(=O)OC(C)(C)C)CC(C(=O)OC)C1(C)C. The monoisotopic (exact) mass is 677 g/mol. The number of rotatable bonds is 10. The molecule has 1 aromatic heterocycles. The summed E-state index contributed by atoms with van der Waals surface area (Å²) in [6, 6.07) is 0. The minimum Gasteiger partial charge on any atom is -0.469 e. The van der Waals surface area contributed by atoms with Crippen molar-refractivity contribution in [1.82, 2.24) is 24.3 Å². The van der Waals surface area contributed by atoms with Crippen LogP contribution < -0.4 is 0 Å². The molecule has 10 nitrogen and oxygen atoms in total. The Labute approximate surface area is 248 Å². The van der Waals surface area contributed by atoms with E-state index in [0.717, 1.165) is 16.8 Å². The van der Waals surface area contributed by atoms with Gasteiger partial charge in [0.15, 0.2) is 0 Å². The predicted octanol–water partition coefficient (Wildman–Crippen LogP) is 4.67. The molecule has 0 fully saturated rings. The molecule has 0 radical (unpaired) electrons. The van der Waals surface area contributed by atoms with Gasteiger partial charge in [-0.3, -0.25) is 9.59 Å². The molecule has 0 saturated carbocycles. The quantitative estimate of drug-likeness (QED) is 0.202. The van der Waals surface area contributed by atoms with E-state index in [4.69, 9.17) is 14.6 Å². The van der Waals surface area contributed by atoms with Gasteiger partial charge in [0.25, 0.3) is 0 Å². The van der Waals surface area contributed by atoms with Gasteiger partial charge in [0.1, 0.15) is 5.60 Å². The van der Waals surface area contributed by atoms with Gasteiger partial charge < -0.3 is 24.2 Å². The van der Waals surface area contributed by atoms with Crippen LogP contribution in [-0.2, 0) is 25.6 Å². The smallest absolute Gasteiger partial charge is 0.410 e. The van der Waals surface area contributed by atoms with Crippen LogP contribution in [0.3, 0.4) is 0 Å². The first-order valence-electron chi connectivity index (χ1n) is 13.2. The summed E-state index contributed by atoms with van der Waals surface area (Å²) in [5, 5.41) is 4.86. The van der Waals surface area contributed by atoms with Crippen molar-refractivity contribution in [2.75, 3.05) is 47.9 Å². The molecule has 1 aliphatic rings. The lowest BCUT2D eigenvalue weighted by molar-refractivity contribution is -0.153. The number of esters is 1. The zero-order valence-electron chi connectivity index (χ0n) is 25.0. The number of hydrogen-bond acceptors (Lipinski definition) is 7. The lowest BCUT2D eigenvalue weighted by atomic mass is 9.62. The van der Waals surface area contributed by atoms with Crippen molar-refractivity contribution < 1.29 is 23.9 Å². The molecule has 220 valence electrons. The number of nitrogens with zero attached hydrogens (tertiary/aromatic N) is 5. The van der Waals surface area contributed by atoms with E-state index in [-0.39, 0.29) is 18.0 Å². The number of allylic oxidation sites excluding steroid dienone is 1. The number of amides is 2. The van der Waals surface area contributed by atoms with Crippen LogP contribution in [0.15, 0.2) is 12.3 Å². The maximum absolute atomic E-state index is 13.4. The maximum atomic E-state index is 13.4. The van der Waals surface area contributed by atoms with Crippen molar-refractivity contribution in [1.29, 1.82) is 0 Å². The van der Waals surface area contributed by atoms with Gasteiger partial charge in [0, 0.05) is 52.0 Å². The minimum atomic E-state index is -0.617. The van der Waals surface area contributed by atoms with E-state index in [1.807, 2.05) is 65.3 Å². The summed E-state index contributed by atoms with van der Waals surface area (Å²) >= 11 is 2.29. The predicted molar refractivity (Wildman–Crippen MR) is 164 cm³/mol. The summed E-state index contributed by atoms with van der Waals surface area (Å²) in [7, 11) is 6.91. The summed E-state index contributed by atoms with van der Waals surface area (Å²) < 4.78 is 12.5. The van der Waals surface area contributed by atoms with Gasteiger partial charge in [-0.05, 0) is 74.2 Å². The summed E-state index contributed by atoms with van der Waals surface area (Å²) in [5.74, 6) is -1.31. The first kappa shape index (κ1) is 33.5. The Balaban J connectivity index is 2.36. The fourth-order valence-electron chi connectivity index (χ4n) is 4.63. The second kappa shape index (κ2) is 13.8. The molecule has 3 atom stereocenters. The molecular formula is C27H45IN5O5P. The molecule has 0 spiro atoms. The van der Waals surface area contributed by atoms with Gasteiger partial charge in [0.05, 0.1) is 31.0 Å². The summed E-state index contributed by atoms with van der Waals surface area (Å²) in [6.07, 6.45) is 4.53. The van der Waals surface area contributed by atoms with E-state index in [1.165, 1.54) is 7.11 Å². The van der Waals surface area contributed by atoms with Gasteiger partial charge in [-0.1, -0.05) is 19.9 Å². The molecule has 0 bridgehead atoms. The van der Waals surface area contributed by atoms with Crippen LogP contribution in [0, 0.1) is 17.3 Å². The number of ether oxygens (including phenoxy) is 2. The Morgan fingerprint density at radius 2 is 1.82 bits per heavy atom. The van der Waals surface area contributed by atoms with Crippen LogP contribution in [0.5, 0.6) is 0 Å². The molecule has 3 unspecified atom stereocenters. The second-order valence-corrected chi connectivity index (χ2v) is 13.9. The molecule has 12 heteroatoms. The van der Waals surface area contributed by atoms with Crippen LogP contribution in [0.25, 0.3) is 5.57 Å². The number of likely N-dealkylation sites (N-methyl/N-ethyl adjacent to an activating group) is 2. The van der Waals surface area contributed by atoms with E-state index in [1.54, 1.807) is 23.9 Å². The third kappa shape index (κ3) is 8.63. The Morgan fingerprint density at radius 3 is 2.36 bits per heavy atom. The van der Waals surface area contributed by atoms with Crippen molar-refractivity contribution >= 4 is 52.0 Å². The van der Waals surface area contributed by atoms with Crippen molar-refractivity contribution in [3.05, 3.63) is 23.5 Å². The van der Waals surface area contributed by atoms with Gasteiger partial charge in [-0.15, -0.1) is 0 Å². The van der Waals surface area contributed by atoms with Crippen LogP contribution in [0.1, 0.15) is 59.2 Å². The van der Waals surface area contributed by atoms with Crippen molar-refractivity contribution in [2.45, 2.75) is 60.1 Å². The van der Waals surface area contributed by atoms with Crippen LogP contribution in [0.4, 0.5) is 4.79 Å². The van der Waals surface area contributed by atoms with E-state index < -0.39 is 22.9 Å². The molecule has 39 heavy (non-hydrogen) atoms. The molecular weight excluding hydrogens is 632 g/mol. The highest BCUT2D eigenvalue weighted by Gasteiger charge is 2.48. The molecule has 2 amide bonds. The van der Waals surface area contributed by atoms with E-state index in [2.05, 4.69) is 26.9 Å². The third-order valence-corrected chi connectivity index (χ3v) is 9.12. The average Bonchev–Trinajstić information content (AvgIpc) is 3.27. The summed E-state index contributed by atoms with van der Waals surface area (Å²) in [6.45, 7) is 13.7. The van der Waals surface area contributed by atoms with Gasteiger partial charge >= 0.3 is 12.1 Å². The van der Waals surface area contributed by atoms with Crippen LogP contribution in [-0.4, -0.2) is 95.7 Å². The van der Waals surface area contributed by atoms with Gasteiger partial charge in [0.2, 0.25) is 5.91 Å². The van der Waals surface area contributed by atoms with E-state index in [9.17, 15) is 14.4 Å². The molecule has 0 saturated heterocycles. The Hall–Kier alpha value is -1.72. The van der Waals surface area contributed by atoms with Gasteiger partial charge in [-0.2, -0.15) is 5.10 Å². The largest absolute Gasteiger partial charge is 0.469 e. The minimum absolute atomic E-state index is 0.0207. The lowest BCUT2D eigenvalue weighted by Gasteiger charge is -2.42. The normalized spacial score (nSPS) is 19.2. The Morgan fingerprint density at radius 1 is 1.18 bits per heavy atom. The van der Waals surface area contributed by atoms with E-state index in [0.29, 0.717) is 39.0 Å². The standard InChI is InChI=1S/C27H45IN5O5P/c1-11-31(8)23(34)20-14-18(15-21(24(35)37-10)27(20,5)6)22-19(17-33(29-22)39-28)16-30(7)12-13-32(9)25(36)38-26(2,3)4/h14,17,20-21,39H,11-13,15-16H2,1-10H3. The molecule has 0 aromatic carbocycles. The van der Waals surface area contributed by atoms with Crippen molar-refractivity contribution in [3.8, 4) is 0 Å². The Kier molecular flexibility index (Phi) is 11.8. The second-order valence-electron chi connectivity index (χ2n) is 11.8. The van der Waals surface area contributed by atoms with E-state index >= 15 is 0 Å². The summed E-state index contributed by atoms with van der Waals surface area (Å²) in [5.41, 5.74) is 1.53. The number of hydrogen-bond donors (Lipinski definition) is 0. The lowest BCUT2D eigenvalue weighted by Crippen LogP contribution is -2.47. The fourth-order valence-corrected chi connectivity index (χ4v) is 5.72. The number of halogens is 1. The highest BCUT2D eigenvalue weighted by molar-refractivity contribution is 14.2. The number of methoxy groups -OCH3 is 1. The number of carbonyl (C=O) groups is 3. The molecule has 1 heterocycles. The zero-order chi connectivity index (χ0) is 29.7. The molecule has 0 N–H and O–H groups in total.